The average molecular weight is 392 g/mol. The summed E-state index contributed by atoms with van der Waals surface area (Å²) < 4.78 is 46.0. The fourth-order valence-electron chi connectivity index (χ4n) is 3.82. The van der Waals surface area contributed by atoms with Crippen LogP contribution in [-0.2, 0) is 21.4 Å². The van der Waals surface area contributed by atoms with Gasteiger partial charge in [0, 0.05) is 19.0 Å². The maximum atomic E-state index is 13.8. The Balaban J connectivity index is 1.41. The molecule has 1 aromatic heterocycles. The third kappa shape index (κ3) is 3.27. The van der Waals surface area contributed by atoms with Gasteiger partial charge >= 0.3 is 0 Å². The lowest BCUT2D eigenvalue weighted by Gasteiger charge is -2.17. The summed E-state index contributed by atoms with van der Waals surface area (Å²) in [7, 11) is -3.76. The molecule has 27 heavy (non-hydrogen) atoms. The second-order valence-electron chi connectivity index (χ2n) is 7.42. The van der Waals surface area contributed by atoms with E-state index in [0.29, 0.717) is 43.8 Å². The number of carbonyl (C=O) groups excluding carboxylic acids is 1. The normalized spacial score (nSPS) is 25.0. The number of amides is 1. The first-order valence-corrected chi connectivity index (χ1v) is 10.3. The minimum absolute atomic E-state index is 0.0397. The minimum atomic E-state index is -3.76. The number of benzene rings is 1. The summed E-state index contributed by atoms with van der Waals surface area (Å²) in [6.07, 6.45) is 2.86. The van der Waals surface area contributed by atoms with E-state index in [2.05, 4.69) is 5.32 Å². The molecule has 0 bridgehead atoms. The highest BCUT2D eigenvalue weighted by Gasteiger charge is 2.62. The Morgan fingerprint density at radius 1 is 1.41 bits per heavy atom. The van der Waals surface area contributed by atoms with Crippen molar-refractivity contribution in [1.82, 2.24) is 9.62 Å². The lowest BCUT2D eigenvalue weighted by molar-refractivity contribution is -0.123. The van der Waals surface area contributed by atoms with Crippen LogP contribution in [0, 0.1) is 24.1 Å². The molecule has 1 spiro atoms. The Hall–Kier alpha value is -2.19. The summed E-state index contributed by atoms with van der Waals surface area (Å²) in [4.78, 5) is 12.4. The molecule has 0 radical (unpaired) electrons. The van der Waals surface area contributed by atoms with Crippen LogP contribution in [0.2, 0.25) is 0 Å². The number of hydrogen-bond acceptors (Lipinski definition) is 4. The Kier molecular flexibility index (Phi) is 4.35. The molecule has 2 aromatic rings. The predicted molar refractivity (Wildman–Crippen MR) is 95.6 cm³/mol. The largest absolute Gasteiger partial charge is 0.467 e. The summed E-state index contributed by atoms with van der Waals surface area (Å²) in [6.45, 7) is 2.55. The van der Waals surface area contributed by atoms with Gasteiger partial charge in [-0.15, -0.1) is 0 Å². The summed E-state index contributed by atoms with van der Waals surface area (Å²) in [5, 5.41) is 2.85. The number of hydrogen-bond donors (Lipinski definition) is 1. The second-order valence-corrected chi connectivity index (χ2v) is 9.35. The standard InChI is InChI=1S/C19H21FN2O4S/c1-13-4-5-15(9-17(13)20)27(24,25)22-7-6-19(12-22)10-16(19)18(23)21-11-14-3-2-8-26-14/h2-5,8-9,16H,6-7,10-12H2,1H3,(H,21,23)/t16-,19-/m0/s1. The van der Waals surface area contributed by atoms with E-state index < -0.39 is 15.8 Å². The molecule has 4 rings (SSSR count). The van der Waals surface area contributed by atoms with Crippen LogP contribution in [0.3, 0.4) is 0 Å². The van der Waals surface area contributed by atoms with E-state index in [1.165, 1.54) is 16.4 Å². The van der Waals surface area contributed by atoms with Gasteiger partial charge in [0.25, 0.3) is 0 Å². The van der Waals surface area contributed by atoms with Gasteiger partial charge < -0.3 is 9.73 Å². The van der Waals surface area contributed by atoms with E-state index in [4.69, 9.17) is 4.42 Å². The van der Waals surface area contributed by atoms with E-state index in [0.717, 1.165) is 6.07 Å². The van der Waals surface area contributed by atoms with Gasteiger partial charge in [-0.1, -0.05) is 6.07 Å². The molecule has 2 heterocycles. The van der Waals surface area contributed by atoms with Crippen LogP contribution in [0.15, 0.2) is 45.9 Å². The Bertz CT molecular complexity index is 974. The van der Waals surface area contributed by atoms with Crippen LogP contribution in [0.4, 0.5) is 4.39 Å². The quantitative estimate of drug-likeness (QED) is 0.848. The number of carbonyl (C=O) groups is 1. The summed E-state index contributed by atoms with van der Waals surface area (Å²) in [5.74, 6) is -0.129. The molecule has 1 aliphatic carbocycles. The van der Waals surface area contributed by atoms with Crippen molar-refractivity contribution in [1.29, 1.82) is 0 Å². The lowest BCUT2D eigenvalue weighted by atomic mass is 10.0. The summed E-state index contributed by atoms with van der Waals surface area (Å²) in [5.41, 5.74) is 0.103. The van der Waals surface area contributed by atoms with E-state index in [9.17, 15) is 17.6 Å². The fraction of sp³-hybridized carbons (Fsp3) is 0.421. The molecule has 6 nitrogen and oxygen atoms in total. The van der Waals surface area contributed by atoms with Crippen molar-refractivity contribution >= 4 is 15.9 Å². The van der Waals surface area contributed by atoms with Crippen LogP contribution in [0.25, 0.3) is 0 Å². The zero-order valence-electron chi connectivity index (χ0n) is 14.9. The van der Waals surface area contributed by atoms with Crippen molar-refractivity contribution in [3.63, 3.8) is 0 Å². The molecular weight excluding hydrogens is 371 g/mol. The van der Waals surface area contributed by atoms with Gasteiger partial charge in [0.2, 0.25) is 15.9 Å². The van der Waals surface area contributed by atoms with E-state index in [1.807, 2.05) is 0 Å². The van der Waals surface area contributed by atoms with Crippen LogP contribution >= 0.6 is 0 Å². The Morgan fingerprint density at radius 3 is 2.93 bits per heavy atom. The van der Waals surface area contributed by atoms with Gasteiger partial charge in [-0.25, -0.2) is 12.8 Å². The first-order valence-electron chi connectivity index (χ1n) is 8.88. The smallest absolute Gasteiger partial charge is 0.243 e. The predicted octanol–water partition coefficient (Wildman–Crippen LogP) is 2.44. The summed E-state index contributed by atoms with van der Waals surface area (Å²) >= 11 is 0. The monoisotopic (exact) mass is 392 g/mol. The SMILES string of the molecule is Cc1ccc(S(=O)(=O)N2CC[C@]3(C[C@H]3C(=O)NCc3ccco3)C2)cc1F. The van der Waals surface area contributed by atoms with E-state index in [-0.39, 0.29) is 22.1 Å². The average Bonchev–Trinajstić information content (AvgIpc) is 2.99. The van der Waals surface area contributed by atoms with Gasteiger partial charge in [-0.2, -0.15) is 4.31 Å². The van der Waals surface area contributed by atoms with Gasteiger partial charge in [-0.3, -0.25) is 4.79 Å². The molecule has 0 unspecified atom stereocenters. The lowest BCUT2D eigenvalue weighted by Crippen LogP contribution is -2.31. The first kappa shape index (κ1) is 18.2. The zero-order chi connectivity index (χ0) is 19.2. The number of halogens is 1. The molecule has 8 heteroatoms. The topological polar surface area (TPSA) is 79.6 Å². The van der Waals surface area contributed by atoms with Crippen LogP contribution in [0.5, 0.6) is 0 Å². The Labute approximate surface area is 157 Å². The highest BCUT2D eigenvalue weighted by atomic mass is 32.2. The van der Waals surface area contributed by atoms with Crippen molar-refractivity contribution < 1.29 is 22.0 Å². The molecule has 144 valence electrons. The van der Waals surface area contributed by atoms with E-state index >= 15 is 0 Å². The zero-order valence-corrected chi connectivity index (χ0v) is 15.8. The van der Waals surface area contributed by atoms with Crippen molar-refractivity contribution in [2.45, 2.75) is 31.2 Å². The molecule has 1 aliphatic heterocycles. The number of nitrogens with one attached hydrogen (secondary N) is 1. The molecule has 2 aliphatic rings. The number of rotatable bonds is 5. The number of aryl methyl sites for hydroxylation is 1. The molecule has 1 N–H and O–H groups in total. The van der Waals surface area contributed by atoms with Crippen LogP contribution in [-0.4, -0.2) is 31.7 Å². The van der Waals surface area contributed by atoms with Crippen molar-refractivity contribution in [3.8, 4) is 0 Å². The van der Waals surface area contributed by atoms with Crippen molar-refractivity contribution in [3.05, 3.63) is 53.7 Å². The third-order valence-electron chi connectivity index (χ3n) is 5.65. The molecule has 1 saturated carbocycles. The number of furan rings is 1. The van der Waals surface area contributed by atoms with E-state index in [1.54, 1.807) is 25.3 Å². The van der Waals surface area contributed by atoms with Gasteiger partial charge in [0.15, 0.2) is 0 Å². The second kappa shape index (κ2) is 6.45. The number of sulfonamides is 1. The fourth-order valence-corrected chi connectivity index (χ4v) is 5.37. The first-order chi connectivity index (χ1) is 12.8. The van der Waals surface area contributed by atoms with Gasteiger partial charge in [0.05, 0.1) is 17.7 Å². The number of nitrogens with zero attached hydrogens (tertiary/aromatic N) is 1. The highest BCUT2D eigenvalue weighted by Crippen LogP contribution is 2.59. The highest BCUT2D eigenvalue weighted by molar-refractivity contribution is 7.89. The molecule has 1 amide bonds. The molecular formula is C19H21FN2O4S. The molecule has 2 atom stereocenters. The van der Waals surface area contributed by atoms with Crippen LogP contribution < -0.4 is 5.32 Å². The minimum Gasteiger partial charge on any atom is -0.467 e. The Morgan fingerprint density at radius 2 is 2.22 bits per heavy atom. The molecule has 2 fully saturated rings. The van der Waals surface area contributed by atoms with Crippen molar-refractivity contribution in [2.75, 3.05) is 13.1 Å². The maximum Gasteiger partial charge on any atom is 0.243 e. The third-order valence-corrected chi connectivity index (χ3v) is 7.50. The van der Waals surface area contributed by atoms with Crippen molar-refractivity contribution in [2.24, 2.45) is 11.3 Å². The maximum absolute atomic E-state index is 13.8. The molecule has 1 aromatic carbocycles. The van der Waals surface area contributed by atoms with Gasteiger partial charge in [0.1, 0.15) is 11.6 Å². The summed E-state index contributed by atoms with van der Waals surface area (Å²) in [6, 6.07) is 7.51. The van der Waals surface area contributed by atoms with Crippen LogP contribution in [0.1, 0.15) is 24.2 Å². The molecule has 1 saturated heterocycles. The van der Waals surface area contributed by atoms with Gasteiger partial charge in [-0.05, 0) is 55.0 Å².